The molecule has 1 atom stereocenters. The van der Waals surface area contributed by atoms with Crippen molar-refractivity contribution in [3.05, 3.63) is 42.2 Å². The van der Waals surface area contributed by atoms with E-state index in [9.17, 15) is 14.4 Å². The van der Waals surface area contributed by atoms with E-state index in [4.69, 9.17) is 10.8 Å². The second-order valence-electron chi connectivity index (χ2n) is 4.79. The van der Waals surface area contributed by atoms with Gasteiger partial charge in [-0.2, -0.15) is 0 Å². The van der Waals surface area contributed by atoms with E-state index in [0.717, 1.165) is 10.8 Å². The van der Waals surface area contributed by atoms with Gasteiger partial charge in [-0.05, 0) is 17.9 Å². The van der Waals surface area contributed by atoms with Gasteiger partial charge in [0.25, 0.3) is 5.91 Å². The van der Waals surface area contributed by atoms with Crippen LogP contribution in [0.3, 0.4) is 0 Å². The van der Waals surface area contributed by atoms with Crippen LogP contribution >= 0.6 is 0 Å². The van der Waals surface area contributed by atoms with E-state index in [2.05, 4.69) is 10.3 Å². The molecule has 0 bridgehead atoms. The highest BCUT2D eigenvalue weighted by atomic mass is 16.4. The number of hydrogen-bond donors (Lipinski definition) is 3. The zero-order chi connectivity index (χ0) is 16.1. The van der Waals surface area contributed by atoms with E-state index in [0.29, 0.717) is 0 Å². The first-order chi connectivity index (χ1) is 10.5. The number of carbonyl (C=O) groups excluding carboxylic acids is 2. The van der Waals surface area contributed by atoms with Crippen LogP contribution in [-0.4, -0.2) is 33.9 Å². The summed E-state index contributed by atoms with van der Waals surface area (Å²) in [6.45, 7) is 0. The number of pyridine rings is 1. The Balaban J connectivity index is 2.14. The minimum atomic E-state index is -1.23. The van der Waals surface area contributed by atoms with Gasteiger partial charge >= 0.3 is 5.97 Å². The number of nitrogens with zero attached hydrogens (tertiary/aromatic N) is 1. The molecule has 0 aliphatic heterocycles. The fourth-order valence-electron chi connectivity index (χ4n) is 1.98. The number of hydrogen-bond acceptors (Lipinski definition) is 4. The molecule has 1 aromatic heterocycles. The Morgan fingerprint density at radius 3 is 2.55 bits per heavy atom. The maximum Gasteiger partial charge on any atom is 0.326 e. The Labute approximate surface area is 126 Å². The molecule has 0 aliphatic rings. The molecular weight excluding hydrogens is 286 g/mol. The van der Waals surface area contributed by atoms with E-state index in [1.54, 1.807) is 12.3 Å². The Morgan fingerprint density at radius 2 is 1.91 bits per heavy atom. The molecule has 0 saturated heterocycles. The van der Waals surface area contributed by atoms with Gasteiger partial charge in [0.05, 0.1) is 0 Å². The van der Waals surface area contributed by atoms with Gasteiger partial charge in [0.2, 0.25) is 5.91 Å². The molecular formula is C15H15N3O4. The third-order valence-corrected chi connectivity index (χ3v) is 3.15. The minimum absolute atomic E-state index is 0.0655. The number of carboxylic acid groups (broad SMARTS) is 1. The molecule has 22 heavy (non-hydrogen) atoms. The molecule has 7 heteroatoms. The van der Waals surface area contributed by atoms with Crippen LogP contribution in [0.25, 0.3) is 10.8 Å². The highest BCUT2D eigenvalue weighted by molar-refractivity contribution is 5.98. The smallest absolute Gasteiger partial charge is 0.326 e. The third kappa shape index (κ3) is 3.78. The molecule has 0 saturated carbocycles. The van der Waals surface area contributed by atoms with Crippen molar-refractivity contribution < 1.29 is 19.5 Å². The second-order valence-corrected chi connectivity index (χ2v) is 4.79. The Kier molecular flexibility index (Phi) is 4.67. The van der Waals surface area contributed by atoms with Crippen LogP contribution in [0.4, 0.5) is 0 Å². The first-order valence-corrected chi connectivity index (χ1v) is 6.64. The van der Waals surface area contributed by atoms with Crippen LogP contribution in [0.1, 0.15) is 23.3 Å². The van der Waals surface area contributed by atoms with Gasteiger partial charge in [0, 0.05) is 18.0 Å². The number of nitrogens with two attached hydrogens (primary N) is 1. The molecule has 114 valence electrons. The Bertz CT molecular complexity index is 730. The van der Waals surface area contributed by atoms with Crippen LogP contribution < -0.4 is 11.1 Å². The Hall–Kier alpha value is -2.96. The molecule has 2 aromatic rings. The average Bonchev–Trinajstić information content (AvgIpc) is 2.50. The SMILES string of the molecule is NC(=O)CC[C@H](NC(=O)c1cc2ccccc2cn1)C(=O)O. The van der Waals surface area contributed by atoms with Gasteiger partial charge in [0.15, 0.2) is 0 Å². The summed E-state index contributed by atoms with van der Waals surface area (Å²) in [5, 5.41) is 13.1. The van der Waals surface area contributed by atoms with Gasteiger partial charge in [-0.25, -0.2) is 4.79 Å². The van der Waals surface area contributed by atoms with Crippen molar-refractivity contribution in [2.24, 2.45) is 5.73 Å². The number of rotatable bonds is 6. The fourth-order valence-corrected chi connectivity index (χ4v) is 1.98. The molecule has 1 heterocycles. The number of fused-ring (bicyclic) bond motifs is 1. The molecule has 4 N–H and O–H groups in total. The summed E-state index contributed by atoms with van der Waals surface area (Å²) in [7, 11) is 0. The molecule has 0 radical (unpaired) electrons. The highest BCUT2D eigenvalue weighted by Crippen LogP contribution is 2.13. The Morgan fingerprint density at radius 1 is 1.23 bits per heavy atom. The lowest BCUT2D eigenvalue weighted by Crippen LogP contribution is -2.41. The average molecular weight is 301 g/mol. The first-order valence-electron chi connectivity index (χ1n) is 6.64. The summed E-state index contributed by atoms with van der Waals surface area (Å²) < 4.78 is 0. The monoisotopic (exact) mass is 301 g/mol. The lowest BCUT2D eigenvalue weighted by Gasteiger charge is -2.13. The van der Waals surface area contributed by atoms with Crippen LogP contribution in [-0.2, 0) is 9.59 Å². The zero-order valence-corrected chi connectivity index (χ0v) is 11.7. The second kappa shape index (κ2) is 6.66. The fraction of sp³-hybridized carbons (Fsp3) is 0.200. The molecule has 0 fully saturated rings. The molecule has 7 nitrogen and oxygen atoms in total. The van der Waals surface area contributed by atoms with Crippen LogP contribution in [0.2, 0.25) is 0 Å². The van der Waals surface area contributed by atoms with Crippen molar-refractivity contribution in [3.8, 4) is 0 Å². The minimum Gasteiger partial charge on any atom is -0.480 e. The van der Waals surface area contributed by atoms with Gasteiger partial charge in [-0.15, -0.1) is 0 Å². The lowest BCUT2D eigenvalue weighted by molar-refractivity contribution is -0.139. The molecule has 0 spiro atoms. The standard InChI is InChI=1S/C15H15N3O4/c16-13(19)6-5-11(15(21)22)18-14(20)12-7-9-3-1-2-4-10(9)8-17-12/h1-4,7-8,11H,5-6H2,(H2,16,19)(H,18,20)(H,21,22)/t11-/m0/s1. The normalized spacial score (nSPS) is 11.8. The first kappa shape index (κ1) is 15.4. The van der Waals surface area contributed by atoms with E-state index >= 15 is 0 Å². The van der Waals surface area contributed by atoms with Gasteiger partial charge in [0.1, 0.15) is 11.7 Å². The van der Waals surface area contributed by atoms with Crippen LogP contribution in [0.5, 0.6) is 0 Å². The van der Waals surface area contributed by atoms with Crippen LogP contribution in [0, 0.1) is 0 Å². The van der Waals surface area contributed by atoms with E-state index in [1.807, 2.05) is 24.3 Å². The van der Waals surface area contributed by atoms with Gasteiger partial charge in [-0.3, -0.25) is 14.6 Å². The van der Waals surface area contributed by atoms with Crippen LogP contribution in [0.15, 0.2) is 36.5 Å². The molecule has 0 aliphatic carbocycles. The highest BCUT2D eigenvalue weighted by Gasteiger charge is 2.21. The maximum absolute atomic E-state index is 12.1. The van der Waals surface area contributed by atoms with E-state index in [1.165, 1.54) is 0 Å². The summed E-state index contributed by atoms with van der Waals surface area (Å²) in [5.74, 6) is -2.46. The van der Waals surface area contributed by atoms with Crippen molar-refractivity contribution in [2.75, 3.05) is 0 Å². The predicted molar refractivity (Wildman–Crippen MR) is 79.1 cm³/mol. The van der Waals surface area contributed by atoms with Crippen molar-refractivity contribution in [3.63, 3.8) is 0 Å². The number of benzene rings is 1. The third-order valence-electron chi connectivity index (χ3n) is 3.15. The molecule has 2 rings (SSSR count). The number of nitrogens with one attached hydrogen (secondary N) is 1. The van der Waals surface area contributed by atoms with E-state index < -0.39 is 23.8 Å². The van der Waals surface area contributed by atoms with Crippen molar-refractivity contribution in [1.29, 1.82) is 0 Å². The number of primary amides is 1. The van der Waals surface area contributed by atoms with Crippen molar-refractivity contribution in [1.82, 2.24) is 10.3 Å². The topological polar surface area (TPSA) is 122 Å². The summed E-state index contributed by atoms with van der Waals surface area (Å²) in [4.78, 5) is 37.9. The summed E-state index contributed by atoms with van der Waals surface area (Å²) in [5.41, 5.74) is 5.10. The number of amides is 2. The number of carboxylic acids is 1. The van der Waals surface area contributed by atoms with Gasteiger partial charge in [-0.1, -0.05) is 24.3 Å². The molecule has 0 unspecified atom stereocenters. The quantitative estimate of drug-likeness (QED) is 0.724. The summed E-state index contributed by atoms with van der Waals surface area (Å²) in [6, 6.07) is 7.77. The van der Waals surface area contributed by atoms with Gasteiger partial charge < -0.3 is 16.2 Å². The lowest BCUT2D eigenvalue weighted by atomic mass is 10.1. The summed E-state index contributed by atoms with van der Waals surface area (Å²) in [6.07, 6.45) is 1.36. The van der Waals surface area contributed by atoms with Crippen molar-refractivity contribution in [2.45, 2.75) is 18.9 Å². The number of aliphatic carboxylic acids is 1. The molecule has 2 amide bonds. The summed E-state index contributed by atoms with van der Waals surface area (Å²) >= 11 is 0. The largest absolute Gasteiger partial charge is 0.480 e. The predicted octanol–water partition coefficient (Wildman–Crippen LogP) is 0.683. The number of aromatic nitrogens is 1. The van der Waals surface area contributed by atoms with E-state index in [-0.39, 0.29) is 18.5 Å². The maximum atomic E-state index is 12.1. The van der Waals surface area contributed by atoms with Crippen molar-refractivity contribution >= 4 is 28.6 Å². The zero-order valence-electron chi connectivity index (χ0n) is 11.7. The number of carbonyl (C=O) groups is 3. The molecule has 1 aromatic carbocycles.